The monoisotopic (exact) mass is 399 g/mol. The van der Waals surface area contributed by atoms with Crippen LogP contribution in [0.3, 0.4) is 0 Å². The number of para-hydroxylation sites is 1. The van der Waals surface area contributed by atoms with Gasteiger partial charge in [-0.2, -0.15) is 0 Å². The van der Waals surface area contributed by atoms with Crippen LogP contribution in [0, 0.1) is 0 Å². The van der Waals surface area contributed by atoms with Gasteiger partial charge in [0.1, 0.15) is 0 Å². The van der Waals surface area contributed by atoms with Crippen LogP contribution in [-0.4, -0.2) is 47.4 Å². The average Bonchev–Trinajstić information content (AvgIpc) is 3.45. The van der Waals surface area contributed by atoms with Crippen LogP contribution in [0.1, 0.15) is 42.9 Å². The van der Waals surface area contributed by atoms with Gasteiger partial charge in [0.05, 0.1) is 17.0 Å². The lowest BCUT2D eigenvalue weighted by molar-refractivity contribution is -0.135. The second-order valence-corrected chi connectivity index (χ2v) is 8.85. The first-order chi connectivity index (χ1) is 14.7. The third kappa shape index (κ3) is 3.50. The number of carbonyl (C=O) groups is 1. The molecule has 1 amide bonds. The minimum Gasteiger partial charge on any atom is -0.337 e. The smallest absolute Gasteiger partial charge is 0.233 e. The molecule has 1 saturated carbocycles. The first-order valence-electron chi connectivity index (χ1n) is 11.1. The van der Waals surface area contributed by atoms with Crippen molar-refractivity contribution in [2.45, 2.75) is 37.1 Å². The maximum Gasteiger partial charge on any atom is 0.233 e. The van der Waals surface area contributed by atoms with E-state index in [4.69, 9.17) is 0 Å². The molecule has 2 heterocycles. The second-order valence-electron chi connectivity index (χ2n) is 8.85. The molecule has 2 fully saturated rings. The van der Waals surface area contributed by atoms with Gasteiger partial charge in [0.15, 0.2) is 0 Å². The molecule has 2 aliphatic rings. The largest absolute Gasteiger partial charge is 0.337 e. The predicted octanol–water partition coefficient (Wildman–Crippen LogP) is 4.56. The number of likely N-dealkylation sites (N-methyl/N-ethyl adjacent to an activating group) is 1. The molecule has 4 nitrogen and oxygen atoms in total. The van der Waals surface area contributed by atoms with Crippen molar-refractivity contribution < 1.29 is 4.79 Å². The van der Waals surface area contributed by atoms with Crippen molar-refractivity contribution in [1.29, 1.82) is 0 Å². The minimum absolute atomic E-state index is 0.0719. The molecule has 0 radical (unpaired) electrons. The zero-order valence-corrected chi connectivity index (χ0v) is 17.6. The molecular formula is C26H29N3O. The van der Waals surface area contributed by atoms with E-state index in [0.717, 1.165) is 48.9 Å². The first-order valence-corrected chi connectivity index (χ1v) is 11.1. The number of amides is 1. The third-order valence-electron chi connectivity index (χ3n) is 6.90. The quantitative estimate of drug-likeness (QED) is 0.610. The topological polar surface area (TPSA) is 36.4 Å². The molecule has 5 rings (SSSR count). The molecule has 2 aromatic carbocycles. The highest BCUT2D eigenvalue weighted by molar-refractivity contribution is 5.92. The van der Waals surface area contributed by atoms with Gasteiger partial charge in [-0.25, -0.2) is 0 Å². The van der Waals surface area contributed by atoms with Crippen molar-refractivity contribution in [3.05, 3.63) is 78.0 Å². The Morgan fingerprint density at radius 2 is 1.77 bits per heavy atom. The lowest BCUT2D eigenvalue weighted by Gasteiger charge is -2.34. The number of pyridine rings is 1. The second kappa shape index (κ2) is 7.84. The van der Waals surface area contributed by atoms with Gasteiger partial charge in [0.25, 0.3) is 0 Å². The highest BCUT2D eigenvalue weighted by Gasteiger charge is 2.53. The molecule has 0 unspecified atom stereocenters. The number of benzene rings is 2. The summed E-state index contributed by atoms with van der Waals surface area (Å²) in [6, 6.07) is 20.9. The van der Waals surface area contributed by atoms with E-state index < -0.39 is 5.41 Å². The summed E-state index contributed by atoms with van der Waals surface area (Å²) in [7, 11) is 1.99. The lowest BCUT2D eigenvalue weighted by atomic mass is 9.93. The van der Waals surface area contributed by atoms with E-state index in [-0.39, 0.29) is 11.9 Å². The number of rotatable bonds is 6. The summed E-state index contributed by atoms with van der Waals surface area (Å²) in [5.41, 5.74) is 2.84. The van der Waals surface area contributed by atoms with Crippen LogP contribution in [0.15, 0.2) is 66.9 Å². The Balaban J connectivity index is 1.44. The Bertz CT molecular complexity index is 1040. The fourth-order valence-electron chi connectivity index (χ4n) is 4.90. The third-order valence-corrected chi connectivity index (χ3v) is 6.90. The molecular weight excluding hydrogens is 370 g/mol. The highest BCUT2D eigenvalue weighted by Crippen LogP contribution is 2.50. The summed E-state index contributed by atoms with van der Waals surface area (Å²) in [6.45, 7) is 3.16. The van der Waals surface area contributed by atoms with Crippen LogP contribution in [0.4, 0.5) is 0 Å². The molecule has 0 N–H and O–H groups in total. The Kier molecular flexibility index (Phi) is 5.03. The Morgan fingerprint density at radius 3 is 2.50 bits per heavy atom. The van der Waals surface area contributed by atoms with Crippen LogP contribution in [0.2, 0.25) is 0 Å². The van der Waals surface area contributed by atoms with E-state index in [2.05, 4.69) is 46.3 Å². The van der Waals surface area contributed by atoms with Crippen molar-refractivity contribution in [1.82, 2.24) is 14.8 Å². The molecule has 4 heteroatoms. The van der Waals surface area contributed by atoms with Crippen molar-refractivity contribution >= 4 is 16.8 Å². The molecule has 154 valence electrons. The van der Waals surface area contributed by atoms with Crippen LogP contribution < -0.4 is 0 Å². The number of hydrogen-bond donors (Lipinski definition) is 0. The van der Waals surface area contributed by atoms with Gasteiger partial charge in [-0.1, -0.05) is 48.5 Å². The molecule has 1 atom stereocenters. The molecule has 1 aromatic heterocycles. The van der Waals surface area contributed by atoms with Gasteiger partial charge in [-0.05, 0) is 62.0 Å². The van der Waals surface area contributed by atoms with Crippen LogP contribution in [0.25, 0.3) is 10.9 Å². The number of nitrogens with zero attached hydrogens (tertiary/aromatic N) is 3. The zero-order chi connectivity index (χ0) is 20.6. The number of fused-ring (bicyclic) bond motifs is 1. The van der Waals surface area contributed by atoms with Gasteiger partial charge < -0.3 is 9.80 Å². The Labute approximate surface area is 178 Å². The van der Waals surface area contributed by atoms with Gasteiger partial charge >= 0.3 is 0 Å². The number of hydrogen-bond acceptors (Lipinski definition) is 3. The molecule has 0 bridgehead atoms. The van der Waals surface area contributed by atoms with Gasteiger partial charge in [-0.15, -0.1) is 0 Å². The summed E-state index contributed by atoms with van der Waals surface area (Å²) in [5.74, 6) is 0.229. The zero-order valence-electron chi connectivity index (χ0n) is 17.6. The van der Waals surface area contributed by atoms with Crippen molar-refractivity contribution in [3.63, 3.8) is 0 Å². The summed E-state index contributed by atoms with van der Waals surface area (Å²) < 4.78 is 0. The van der Waals surface area contributed by atoms with Gasteiger partial charge in [0.2, 0.25) is 5.91 Å². The molecule has 0 spiro atoms. The molecule has 1 saturated heterocycles. The van der Waals surface area contributed by atoms with Gasteiger partial charge in [-0.3, -0.25) is 9.78 Å². The Hall–Kier alpha value is -2.72. The van der Waals surface area contributed by atoms with Crippen molar-refractivity contribution in [3.8, 4) is 0 Å². The van der Waals surface area contributed by atoms with Crippen molar-refractivity contribution in [2.75, 3.05) is 26.7 Å². The van der Waals surface area contributed by atoms with E-state index in [1.165, 1.54) is 18.4 Å². The van der Waals surface area contributed by atoms with Crippen LogP contribution >= 0.6 is 0 Å². The molecule has 1 aliphatic carbocycles. The summed E-state index contributed by atoms with van der Waals surface area (Å²) >= 11 is 0. The fraction of sp³-hybridized carbons (Fsp3) is 0.385. The van der Waals surface area contributed by atoms with E-state index >= 15 is 0 Å². The SMILES string of the molecule is CN(C(=O)C1(c2cnc3ccccc3c2)CC1)[C@H](CN1CCCC1)c1ccccc1. The summed E-state index contributed by atoms with van der Waals surface area (Å²) in [4.78, 5) is 23.0. The standard InChI is InChI=1S/C26H29N3O/c1-28(24(19-29-15-7-8-16-29)20-9-3-2-4-10-20)25(30)26(13-14-26)22-17-21-11-5-6-12-23(21)27-18-22/h2-6,9-12,17-18,24H,7-8,13-16,19H2,1H3/t24-/m1/s1. The predicted molar refractivity (Wildman–Crippen MR) is 120 cm³/mol. The molecule has 3 aromatic rings. The summed E-state index contributed by atoms with van der Waals surface area (Å²) in [6.07, 6.45) is 6.24. The minimum atomic E-state index is -0.413. The lowest BCUT2D eigenvalue weighted by Crippen LogP contribution is -2.43. The maximum atomic E-state index is 13.8. The number of aromatic nitrogens is 1. The van der Waals surface area contributed by atoms with E-state index in [1.54, 1.807) is 0 Å². The van der Waals surface area contributed by atoms with E-state index in [0.29, 0.717) is 0 Å². The van der Waals surface area contributed by atoms with Crippen molar-refractivity contribution in [2.24, 2.45) is 0 Å². The highest BCUT2D eigenvalue weighted by atomic mass is 16.2. The first kappa shape index (κ1) is 19.3. The molecule has 30 heavy (non-hydrogen) atoms. The van der Waals surface area contributed by atoms with Crippen LogP contribution in [0.5, 0.6) is 0 Å². The van der Waals surface area contributed by atoms with E-state index in [1.807, 2.05) is 42.4 Å². The molecule has 1 aliphatic heterocycles. The Morgan fingerprint density at radius 1 is 1.07 bits per heavy atom. The van der Waals surface area contributed by atoms with Crippen LogP contribution in [-0.2, 0) is 10.2 Å². The fourth-order valence-corrected chi connectivity index (χ4v) is 4.90. The normalized spacial score (nSPS) is 19.0. The summed E-state index contributed by atoms with van der Waals surface area (Å²) in [5, 5.41) is 1.11. The number of carbonyl (C=O) groups excluding carboxylic acids is 1. The average molecular weight is 400 g/mol. The van der Waals surface area contributed by atoms with Gasteiger partial charge in [0, 0.05) is 25.2 Å². The number of likely N-dealkylation sites (tertiary alicyclic amines) is 1. The maximum absolute atomic E-state index is 13.8. The van der Waals surface area contributed by atoms with E-state index in [9.17, 15) is 4.79 Å².